The number of nitrogens with zero attached hydrogens (tertiary/aromatic N) is 2. The van der Waals surface area contributed by atoms with Crippen LogP contribution in [0.3, 0.4) is 0 Å². The van der Waals surface area contributed by atoms with Crippen LogP contribution in [0.1, 0.15) is 39.0 Å². The van der Waals surface area contributed by atoms with Gasteiger partial charge in [0.05, 0.1) is 10.4 Å². The van der Waals surface area contributed by atoms with Crippen LogP contribution in [0, 0.1) is 0 Å². The van der Waals surface area contributed by atoms with Crippen molar-refractivity contribution in [2.45, 2.75) is 25.4 Å². The number of nitrogens with one attached hydrogen (secondary N) is 1. The van der Waals surface area contributed by atoms with Gasteiger partial charge < -0.3 is 10.2 Å². The zero-order valence-electron chi connectivity index (χ0n) is 14.2. The molecule has 0 unspecified atom stereocenters. The van der Waals surface area contributed by atoms with Crippen LogP contribution in [0.25, 0.3) is 10.9 Å². The van der Waals surface area contributed by atoms with E-state index in [9.17, 15) is 4.79 Å². The van der Waals surface area contributed by atoms with Crippen LogP contribution in [0.2, 0.25) is 0 Å². The van der Waals surface area contributed by atoms with Crippen LogP contribution >= 0.6 is 11.3 Å². The Morgan fingerprint density at radius 1 is 1.28 bits per heavy atom. The summed E-state index contributed by atoms with van der Waals surface area (Å²) in [6, 6.07) is 14.5. The molecule has 3 heterocycles. The highest BCUT2D eigenvalue weighted by Crippen LogP contribution is 2.30. The summed E-state index contributed by atoms with van der Waals surface area (Å²) >= 11 is 1.61. The average molecular weight is 351 g/mol. The summed E-state index contributed by atoms with van der Waals surface area (Å²) in [6.07, 6.45) is 4.17. The Balaban J connectivity index is 1.52. The lowest BCUT2D eigenvalue weighted by molar-refractivity contribution is 0.0790. The molecular formula is C20H21N3OS. The number of amides is 1. The molecule has 128 valence electrons. The Labute approximate surface area is 151 Å². The molecule has 1 saturated heterocycles. The minimum absolute atomic E-state index is 0.0788. The number of thiophene rings is 1. The molecule has 1 aliphatic rings. The summed E-state index contributed by atoms with van der Waals surface area (Å²) < 4.78 is 0. The molecule has 5 heteroatoms. The predicted octanol–water partition coefficient (Wildman–Crippen LogP) is 3.99. The zero-order chi connectivity index (χ0) is 17.2. The van der Waals surface area contributed by atoms with Crippen molar-refractivity contribution < 1.29 is 4.79 Å². The highest BCUT2D eigenvalue weighted by molar-refractivity contribution is 7.14. The molecule has 1 aliphatic heterocycles. The van der Waals surface area contributed by atoms with Crippen molar-refractivity contribution in [2.24, 2.45) is 0 Å². The molecule has 4 nitrogen and oxygen atoms in total. The molecule has 1 atom stereocenters. The Hall–Kier alpha value is -2.24. The number of hydrogen-bond acceptors (Lipinski definition) is 4. The third-order valence-corrected chi connectivity index (χ3v) is 5.92. The highest BCUT2D eigenvalue weighted by Gasteiger charge is 2.21. The fourth-order valence-corrected chi connectivity index (χ4v) is 4.52. The minimum atomic E-state index is 0.0788. The molecule has 3 aromatic rings. The largest absolute Gasteiger partial charge is 0.337 e. The summed E-state index contributed by atoms with van der Waals surface area (Å²) in [5, 5.41) is 4.60. The number of hydrogen-bond donors (Lipinski definition) is 1. The summed E-state index contributed by atoms with van der Waals surface area (Å²) in [4.78, 5) is 21.1. The lowest BCUT2D eigenvalue weighted by Crippen LogP contribution is -2.25. The van der Waals surface area contributed by atoms with Gasteiger partial charge in [-0.25, -0.2) is 0 Å². The van der Waals surface area contributed by atoms with Crippen LogP contribution in [-0.4, -0.2) is 29.4 Å². The quantitative estimate of drug-likeness (QED) is 0.773. The molecule has 0 bridgehead atoms. The first-order valence-corrected chi connectivity index (χ1v) is 9.45. The lowest BCUT2D eigenvalue weighted by Gasteiger charge is -2.17. The molecule has 0 radical (unpaired) electrons. The van der Waals surface area contributed by atoms with Gasteiger partial charge in [0.2, 0.25) is 0 Å². The van der Waals surface area contributed by atoms with Crippen LogP contribution in [-0.2, 0) is 6.54 Å². The van der Waals surface area contributed by atoms with E-state index in [-0.39, 0.29) is 5.91 Å². The molecule has 1 fully saturated rings. The summed E-state index contributed by atoms with van der Waals surface area (Å²) in [7, 11) is 1.87. The molecule has 4 rings (SSSR count). The smallest absolute Gasteiger partial charge is 0.263 e. The molecular weight excluding hydrogens is 330 g/mol. The predicted molar refractivity (Wildman–Crippen MR) is 102 cm³/mol. The molecule has 25 heavy (non-hydrogen) atoms. The van der Waals surface area contributed by atoms with Crippen molar-refractivity contribution in [3.8, 4) is 0 Å². The third kappa shape index (κ3) is 3.30. The number of pyridine rings is 1. The highest BCUT2D eigenvalue weighted by atomic mass is 32.1. The van der Waals surface area contributed by atoms with Crippen LogP contribution in [0.4, 0.5) is 0 Å². The Bertz CT molecular complexity index is 893. The first-order chi connectivity index (χ1) is 12.2. The Kier molecular flexibility index (Phi) is 4.51. The van der Waals surface area contributed by atoms with E-state index in [4.69, 9.17) is 0 Å². The Morgan fingerprint density at radius 3 is 3.04 bits per heavy atom. The van der Waals surface area contributed by atoms with E-state index in [1.807, 2.05) is 31.3 Å². The number of carbonyl (C=O) groups excluding carboxylic acids is 1. The fourth-order valence-electron chi connectivity index (χ4n) is 3.40. The molecule has 1 amide bonds. The maximum Gasteiger partial charge on any atom is 0.263 e. The summed E-state index contributed by atoms with van der Waals surface area (Å²) in [5.41, 5.74) is 2.09. The van der Waals surface area contributed by atoms with E-state index >= 15 is 0 Å². The average Bonchev–Trinajstić information content (AvgIpc) is 3.32. The normalized spacial score (nSPS) is 17.1. The van der Waals surface area contributed by atoms with Gasteiger partial charge in [-0.2, -0.15) is 0 Å². The van der Waals surface area contributed by atoms with E-state index in [2.05, 4.69) is 28.5 Å². The molecule has 0 saturated carbocycles. The van der Waals surface area contributed by atoms with Gasteiger partial charge >= 0.3 is 0 Å². The molecule has 0 aliphatic carbocycles. The van der Waals surface area contributed by atoms with Gasteiger partial charge in [-0.1, -0.05) is 18.2 Å². The number of fused-ring (bicyclic) bond motifs is 1. The third-order valence-electron chi connectivity index (χ3n) is 4.73. The standard InChI is InChI=1S/C20H21N3OS/c1-23(13-14-5-2-7-16-15(14)6-3-11-21-16)20(24)19-10-9-18(25-19)17-8-4-12-22-17/h2-3,5-7,9-11,17,22H,4,8,12-13H2,1H3/t17-/m0/s1. The van der Waals surface area contributed by atoms with Crippen LogP contribution in [0.5, 0.6) is 0 Å². The van der Waals surface area contributed by atoms with E-state index in [0.29, 0.717) is 12.6 Å². The molecule has 2 aromatic heterocycles. The lowest BCUT2D eigenvalue weighted by atomic mass is 10.1. The van der Waals surface area contributed by atoms with Gasteiger partial charge in [-0.05, 0) is 49.2 Å². The molecule has 1 aromatic carbocycles. The first-order valence-electron chi connectivity index (χ1n) is 8.63. The van der Waals surface area contributed by atoms with E-state index in [1.54, 1.807) is 22.4 Å². The van der Waals surface area contributed by atoms with E-state index in [1.165, 1.54) is 11.3 Å². The van der Waals surface area contributed by atoms with Gasteiger partial charge in [0.1, 0.15) is 0 Å². The Morgan fingerprint density at radius 2 is 2.20 bits per heavy atom. The number of rotatable bonds is 4. The minimum Gasteiger partial charge on any atom is -0.337 e. The summed E-state index contributed by atoms with van der Waals surface area (Å²) in [5.74, 6) is 0.0788. The summed E-state index contributed by atoms with van der Waals surface area (Å²) in [6.45, 7) is 1.65. The topological polar surface area (TPSA) is 45.2 Å². The molecule has 1 N–H and O–H groups in total. The van der Waals surface area contributed by atoms with Gasteiger partial charge in [0.15, 0.2) is 0 Å². The monoisotopic (exact) mass is 351 g/mol. The number of aromatic nitrogens is 1. The first kappa shape index (κ1) is 16.2. The van der Waals surface area contributed by atoms with Crippen molar-refractivity contribution in [2.75, 3.05) is 13.6 Å². The maximum absolute atomic E-state index is 12.8. The second kappa shape index (κ2) is 6.94. The van der Waals surface area contributed by atoms with Crippen LogP contribution < -0.4 is 5.32 Å². The van der Waals surface area contributed by atoms with Gasteiger partial charge in [0, 0.05) is 36.1 Å². The van der Waals surface area contributed by atoms with Gasteiger partial charge in [-0.3, -0.25) is 9.78 Å². The zero-order valence-corrected chi connectivity index (χ0v) is 15.1. The fraction of sp³-hybridized carbons (Fsp3) is 0.300. The van der Waals surface area contributed by atoms with Crippen molar-refractivity contribution in [1.29, 1.82) is 0 Å². The second-order valence-corrected chi connectivity index (χ2v) is 7.61. The SMILES string of the molecule is CN(Cc1cccc2ncccc12)C(=O)c1ccc([C@@H]2CCCN2)s1. The maximum atomic E-state index is 12.8. The van der Waals surface area contributed by atoms with Crippen molar-refractivity contribution in [3.05, 3.63) is 64.0 Å². The van der Waals surface area contributed by atoms with E-state index < -0.39 is 0 Å². The van der Waals surface area contributed by atoms with Gasteiger partial charge in [-0.15, -0.1) is 11.3 Å². The van der Waals surface area contributed by atoms with Gasteiger partial charge in [0.25, 0.3) is 5.91 Å². The van der Waals surface area contributed by atoms with Crippen molar-refractivity contribution in [3.63, 3.8) is 0 Å². The van der Waals surface area contributed by atoms with Crippen LogP contribution in [0.15, 0.2) is 48.7 Å². The van der Waals surface area contributed by atoms with Crippen molar-refractivity contribution in [1.82, 2.24) is 15.2 Å². The molecule has 0 spiro atoms. The van der Waals surface area contributed by atoms with Crippen molar-refractivity contribution >= 4 is 28.1 Å². The second-order valence-electron chi connectivity index (χ2n) is 6.50. The number of benzene rings is 1. The number of carbonyl (C=O) groups is 1. The van der Waals surface area contributed by atoms with E-state index in [0.717, 1.165) is 34.3 Å².